The van der Waals surface area contributed by atoms with Gasteiger partial charge in [-0.05, 0) is 42.5 Å². The highest BCUT2D eigenvalue weighted by atomic mass is 32.2. The summed E-state index contributed by atoms with van der Waals surface area (Å²) in [5.74, 6) is 0.0785. The molecular weight excluding hydrogens is 350 g/mol. The van der Waals surface area contributed by atoms with E-state index in [4.69, 9.17) is 0 Å². The first-order valence-corrected chi connectivity index (χ1v) is 10.3. The fourth-order valence-electron chi connectivity index (χ4n) is 2.94. The van der Waals surface area contributed by atoms with Crippen LogP contribution >= 0.6 is 11.8 Å². The number of carbonyl (C=O) groups excluding carboxylic acids is 1. The third-order valence-electron chi connectivity index (χ3n) is 4.37. The van der Waals surface area contributed by atoms with Crippen LogP contribution in [0, 0.1) is 0 Å². The number of benzene rings is 3. The second-order valence-corrected chi connectivity index (χ2v) is 7.63. The molecule has 0 unspecified atom stereocenters. The van der Waals surface area contributed by atoms with Crippen molar-refractivity contribution < 1.29 is 4.79 Å². The van der Waals surface area contributed by atoms with Gasteiger partial charge in [0, 0.05) is 11.4 Å². The Labute approximate surface area is 166 Å². The highest BCUT2D eigenvalue weighted by Gasteiger charge is 2.21. The first-order valence-electron chi connectivity index (χ1n) is 9.41. The molecule has 3 aromatic carbocycles. The molecule has 0 aliphatic carbocycles. The number of nitrogens with one attached hydrogen (secondary N) is 1. The highest BCUT2D eigenvalue weighted by molar-refractivity contribution is 8.00. The van der Waals surface area contributed by atoms with Crippen molar-refractivity contribution in [2.45, 2.75) is 29.4 Å². The van der Waals surface area contributed by atoms with Gasteiger partial charge in [0.1, 0.15) is 5.25 Å². The molecule has 3 heteroatoms. The molecule has 1 N–H and O–H groups in total. The Bertz CT molecular complexity index is 806. The smallest absolute Gasteiger partial charge is 0.237 e. The van der Waals surface area contributed by atoms with Crippen molar-refractivity contribution >= 4 is 17.7 Å². The number of amides is 1. The van der Waals surface area contributed by atoms with Gasteiger partial charge >= 0.3 is 0 Å². The van der Waals surface area contributed by atoms with E-state index in [-0.39, 0.29) is 11.2 Å². The predicted molar refractivity (Wildman–Crippen MR) is 114 cm³/mol. The lowest BCUT2D eigenvalue weighted by atomic mass is 10.1. The lowest BCUT2D eigenvalue weighted by Crippen LogP contribution is -2.29. The van der Waals surface area contributed by atoms with Crippen LogP contribution < -0.4 is 5.32 Å². The van der Waals surface area contributed by atoms with Gasteiger partial charge in [-0.2, -0.15) is 0 Å². The summed E-state index contributed by atoms with van der Waals surface area (Å²) in [6.45, 7) is 0.713. The maximum atomic E-state index is 12.8. The average molecular weight is 376 g/mol. The van der Waals surface area contributed by atoms with E-state index in [2.05, 4.69) is 29.6 Å². The highest BCUT2D eigenvalue weighted by Crippen LogP contribution is 2.35. The zero-order chi connectivity index (χ0) is 18.7. The normalized spacial score (nSPS) is 11.7. The zero-order valence-corrected chi connectivity index (χ0v) is 16.2. The van der Waals surface area contributed by atoms with E-state index < -0.39 is 0 Å². The number of rotatable bonds is 9. The molecule has 0 heterocycles. The SMILES string of the molecule is O=C(NCCCCc1ccccc1)[C@@H](Sc1ccccc1)c1ccccc1. The molecule has 0 saturated heterocycles. The number of thioether (sulfide) groups is 1. The number of hydrogen-bond donors (Lipinski definition) is 1. The van der Waals surface area contributed by atoms with E-state index in [1.807, 2.05) is 66.7 Å². The minimum absolute atomic E-state index is 0.0785. The predicted octanol–water partition coefficient (Wildman–Crippen LogP) is 5.66. The topological polar surface area (TPSA) is 29.1 Å². The summed E-state index contributed by atoms with van der Waals surface area (Å²) in [4.78, 5) is 14.0. The summed E-state index contributed by atoms with van der Waals surface area (Å²) in [6, 6.07) is 30.6. The molecule has 1 atom stereocenters. The minimum Gasteiger partial charge on any atom is -0.355 e. The standard InChI is InChI=1S/C24H25NOS/c26-24(25-19-11-10-14-20-12-4-1-5-13-20)23(21-15-6-2-7-16-21)27-22-17-8-3-9-18-22/h1-9,12-13,15-18,23H,10-11,14,19H2,(H,25,26)/t23-/m0/s1. The molecule has 1 amide bonds. The van der Waals surface area contributed by atoms with Gasteiger partial charge in [-0.3, -0.25) is 4.79 Å². The quantitative estimate of drug-likeness (QED) is 0.386. The number of carbonyl (C=O) groups is 1. The van der Waals surface area contributed by atoms with Crippen LogP contribution in [0.15, 0.2) is 95.9 Å². The van der Waals surface area contributed by atoms with E-state index >= 15 is 0 Å². The molecule has 27 heavy (non-hydrogen) atoms. The first-order chi connectivity index (χ1) is 13.3. The lowest BCUT2D eigenvalue weighted by molar-refractivity contribution is -0.120. The molecule has 0 bridgehead atoms. The van der Waals surface area contributed by atoms with Crippen molar-refractivity contribution in [3.8, 4) is 0 Å². The number of aryl methyl sites for hydroxylation is 1. The number of hydrogen-bond acceptors (Lipinski definition) is 2. The van der Waals surface area contributed by atoms with Crippen LogP contribution in [0.1, 0.15) is 29.2 Å². The van der Waals surface area contributed by atoms with Gasteiger partial charge in [-0.25, -0.2) is 0 Å². The fraction of sp³-hybridized carbons (Fsp3) is 0.208. The second-order valence-electron chi connectivity index (χ2n) is 6.46. The van der Waals surface area contributed by atoms with E-state index in [9.17, 15) is 4.79 Å². The van der Waals surface area contributed by atoms with Crippen LogP contribution in [0.25, 0.3) is 0 Å². The Kier molecular flexibility index (Phi) is 7.55. The van der Waals surface area contributed by atoms with Crippen molar-refractivity contribution in [2.24, 2.45) is 0 Å². The van der Waals surface area contributed by atoms with Crippen molar-refractivity contribution in [1.29, 1.82) is 0 Å². The monoisotopic (exact) mass is 375 g/mol. The summed E-state index contributed by atoms with van der Waals surface area (Å²) >= 11 is 1.60. The Morgan fingerprint density at radius 3 is 2.04 bits per heavy atom. The Morgan fingerprint density at radius 1 is 0.778 bits per heavy atom. The maximum Gasteiger partial charge on any atom is 0.237 e. The van der Waals surface area contributed by atoms with Crippen LogP contribution in [-0.2, 0) is 11.2 Å². The molecule has 3 aromatic rings. The van der Waals surface area contributed by atoms with E-state index in [0.29, 0.717) is 6.54 Å². The molecule has 3 rings (SSSR count). The molecule has 0 radical (unpaired) electrons. The summed E-state index contributed by atoms with van der Waals surface area (Å²) in [5, 5.41) is 2.89. The Hall–Kier alpha value is -2.52. The summed E-state index contributed by atoms with van der Waals surface area (Å²) in [7, 11) is 0. The average Bonchev–Trinajstić information content (AvgIpc) is 2.74. The Balaban J connectivity index is 1.53. The van der Waals surface area contributed by atoms with Gasteiger partial charge in [-0.1, -0.05) is 78.9 Å². The first kappa shape index (κ1) is 19.2. The molecular formula is C24H25NOS. The van der Waals surface area contributed by atoms with Crippen molar-refractivity contribution in [3.05, 3.63) is 102 Å². The molecule has 0 fully saturated rings. The molecule has 0 aliphatic heterocycles. The van der Waals surface area contributed by atoms with Gasteiger partial charge in [-0.15, -0.1) is 11.8 Å². The summed E-state index contributed by atoms with van der Waals surface area (Å²) < 4.78 is 0. The van der Waals surface area contributed by atoms with Crippen molar-refractivity contribution in [2.75, 3.05) is 6.54 Å². The minimum atomic E-state index is -0.234. The van der Waals surface area contributed by atoms with E-state index in [0.717, 1.165) is 29.7 Å². The van der Waals surface area contributed by atoms with Crippen LogP contribution in [0.5, 0.6) is 0 Å². The van der Waals surface area contributed by atoms with Gasteiger partial charge < -0.3 is 5.32 Å². The third-order valence-corrected chi connectivity index (χ3v) is 5.64. The molecule has 0 aliphatic rings. The van der Waals surface area contributed by atoms with Crippen LogP contribution in [0.2, 0.25) is 0 Å². The zero-order valence-electron chi connectivity index (χ0n) is 15.4. The molecule has 0 saturated carbocycles. The summed E-state index contributed by atoms with van der Waals surface area (Å²) in [5.41, 5.74) is 2.39. The van der Waals surface area contributed by atoms with Crippen LogP contribution in [0.4, 0.5) is 0 Å². The molecule has 0 spiro atoms. The second kappa shape index (κ2) is 10.6. The molecule has 138 valence electrons. The Morgan fingerprint density at radius 2 is 1.37 bits per heavy atom. The lowest BCUT2D eigenvalue weighted by Gasteiger charge is -2.17. The maximum absolute atomic E-state index is 12.8. The number of unbranched alkanes of at least 4 members (excludes halogenated alkanes) is 1. The van der Waals surface area contributed by atoms with Crippen LogP contribution in [-0.4, -0.2) is 12.5 Å². The van der Waals surface area contributed by atoms with Crippen LogP contribution in [0.3, 0.4) is 0 Å². The van der Waals surface area contributed by atoms with Crippen molar-refractivity contribution in [3.63, 3.8) is 0 Å². The fourth-order valence-corrected chi connectivity index (χ4v) is 4.01. The largest absolute Gasteiger partial charge is 0.355 e. The van der Waals surface area contributed by atoms with Gasteiger partial charge in [0.05, 0.1) is 0 Å². The van der Waals surface area contributed by atoms with Crippen molar-refractivity contribution in [1.82, 2.24) is 5.32 Å². The van der Waals surface area contributed by atoms with Gasteiger partial charge in [0.25, 0.3) is 0 Å². The third kappa shape index (κ3) is 6.30. The molecule has 2 nitrogen and oxygen atoms in total. The van der Waals surface area contributed by atoms with Gasteiger partial charge in [0.2, 0.25) is 5.91 Å². The van der Waals surface area contributed by atoms with E-state index in [1.165, 1.54) is 5.56 Å². The molecule has 0 aromatic heterocycles. The van der Waals surface area contributed by atoms with E-state index in [1.54, 1.807) is 11.8 Å². The summed E-state index contributed by atoms with van der Waals surface area (Å²) in [6.07, 6.45) is 3.11. The van der Waals surface area contributed by atoms with Gasteiger partial charge in [0.15, 0.2) is 0 Å².